The van der Waals surface area contributed by atoms with Crippen LogP contribution >= 0.6 is 11.8 Å². The molecule has 0 radical (unpaired) electrons. The van der Waals surface area contributed by atoms with E-state index in [1.165, 1.54) is 12.0 Å². The van der Waals surface area contributed by atoms with E-state index in [1.807, 2.05) is 6.92 Å². The van der Waals surface area contributed by atoms with E-state index < -0.39 is 22.9 Å². The second kappa shape index (κ2) is 5.09. The first-order chi connectivity index (χ1) is 8.48. The van der Waals surface area contributed by atoms with Crippen LogP contribution in [0.3, 0.4) is 0 Å². The number of esters is 1. The van der Waals surface area contributed by atoms with E-state index in [0.717, 1.165) is 18.6 Å². The first kappa shape index (κ1) is 13.7. The molecule has 0 bridgehead atoms. The summed E-state index contributed by atoms with van der Waals surface area (Å²) in [7, 11) is 1.31. The van der Waals surface area contributed by atoms with Gasteiger partial charge < -0.3 is 14.7 Å². The van der Waals surface area contributed by atoms with Gasteiger partial charge in [0.2, 0.25) is 5.91 Å². The van der Waals surface area contributed by atoms with Crippen LogP contribution in [0, 0.1) is 0 Å². The van der Waals surface area contributed by atoms with Gasteiger partial charge in [0.05, 0.1) is 18.0 Å². The number of aliphatic hydroxyl groups excluding tert-OH is 1. The number of β-amino-alcohol motifs (C(OH)–C–C–N with tert-alkyl or cyclic N) is 1. The van der Waals surface area contributed by atoms with Crippen LogP contribution in [0.25, 0.3) is 0 Å². The standard InChI is InChI=1S/C12H19NO4S/c1-12(4-3-5-18-12)11(16)13-7-8(14)6-9(13)10(15)17-2/h8-9,14H,3-7H2,1-2H3. The van der Waals surface area contributed by atoms with Gasteiger partial charge in [-0.3, -0.25) is 4.79 Å². The number of nitrogens with zero attached hydrogens (tertiary/aromatic N) is 1. The number of aliphatic hydroxyl groups is 1. The molecule has 0 aliphatic carbocycles. The van der Waals surface area contributed by atoms with Gasteiger partial charge in [-0.2, -0.15) is 0 Å². The van der Waals surface area contributed by atoms with Gasteiger partial charge in [0.15, 0.2) is 0 Å². The number of methoxy groups -OCH3 is 1. The van der Waals surface area contributed by atoms with Crippen molar-refractivity contribution in [1.82, 2.24) is 4.90 Å². The molecule has 2 aliphatic heterocycles. The summed E-state index contributed by atoms with van der Waals surface area (Å²) in [6.07, 6.45) is 1.50. The van der Waals surface area contributed by atoms with E-state index in [4.69, 9.17) is 4.74 Å². The number of rotatable bonds is 2. The van der Waals surface area contributed by atoms with Gasteiger partial charge in [0.25, 0.3) is 0 Å². The molecule has 2 heterocycles. The van der Waals surface area contributed by atoms with Gasteiger partial charge in [-0.05, 0) is 25.5 Å². The third-order valence-electron chi connectivity index (χ3n) is 3.68. The highest BCUT2D eigenvalue weighted by Gasteiger charge is 2.47. The number of hydrogen-bond acceptors (Lipinski definition) is 5. The van der Waals surface area contributed by atoms with E-state index in [-0.39, 0.29) is 18.9 Å². The maximum Gasteiger partial charge on any atom is 0.328 e. The van der Waals surface area contributed by atoms with Crippen LogP contribution in [-0.2, 0) is 14.3 Å². The lowest BCUT2D eigenvalue weighted by atomic mass is 10.0. The molecule has 3 unspecified atom stereocenters. The number of carbonyl (C=O) groups is 2. The summed E-state index contributed by atoms with van der Waals surface area (Å²) in [6, 6.07) is -0.629. The Labute approximate surface area is 111 Å². The maximum atomic E-state index is 12.5. The van der Waals surface area contributed by atoms with Crippen LogP contribution in [0.15, 0.2) is 0 Å². The van der Waals surface area contributed by atoms with Crippen molar-refractivity contribution < 1.29 is 19.4 Å². The maximum absolute atomic E-state index is 12.5. The number of thioether (sulfide) groups is 1. The number of likely N-dealkylation sites (tertiary alicyclic amines) is 1. The molecule has 2 saturated heterocycles. The molecule has 5 nitrogen and oxygen atoms in total. The lowest BCUT2D eigenvalue weighted by Crippen LogP contribution is -2.49. The summed E-state index contributed by atoms with van der Waals surface area (Å²) >= 11 is 1.64. The zero-order chi connectivity index (χ0) is 13.3. The molecule has 0 saturated carbocycles. The Morgan fingerprint density at radius 1 is 1.50 bits per heavy atom. The fourth-order valence-corrected chi connectivity index (χ4v) is 3.92. The van der Waals surface area contributed by atoms with Crippen molar-refractivity contribution in [2.45, 2.75) is 43.1 Å². The van der Waals surface area contributed by atoms with Crippen LogP contribution < -0.4 is 0 Å². The summed E-state index contributed by atoms with van der Waals surface area (Å²) in [6.45, 7) is 2.15. The molecule has 2 rings (SSSR count). The molecule has 0 aromatic rings. The van der Waals surface area contributed by atoms with Crippen molar-refractivity contribution >= 4 is 23.6 Å². The second-order valence-corrected chi connectivity index (χ2v) is 6.67. The largest absolute Gasteiger partial charge is 0.467 e. The van der Waals surface area contributed by atoms with Crippen molar-refractivity contribution in [3.63, 3.8) is 0 Å². The van der Waals surface area contributed by atoms with Gasteiger partial charge in [-0.25, -0.2) is 4.79 Å². The normalized spacial score (nSPS) is 35.8. The average molecular weight is 273 g/mol. The van der Waals surface area contributed by atoms with E-state index in [1.54, 1.807) is 11.8 Å². The summed E-state index contributed by atoms with van der Waals surface area (Å²) in [5.74, 6) is 0.491. The predicted octanol–water partition coefficient (Wildman–Crippen LogP) is 0.407. The highest BCUT2D eigenvalue weighted by molar-refractivity contribution is 8.01. The molecule has 1 N–H and O–H groups in total. The van der Waals surface area contributed by atoms with Crippen molar-refractivity contribution in [2.75, 3.05) is 19.4 Å². The third kappa shape index (κ3) is 2.36. The Morgan fingerprint density at radius 2 is 2.22 bits per heavy atom. The monoisotopic (exact) mass is 273 g/mol. The molecule has 6 heteroatoms. The van der Waals surface area contributed by atoms with Crippen molar-refractivity contribution in [3.8, 4) is 0 Å². The molecular formula is C12H19NO4S. The SMILES string of the molecule is COC(=O)C1CC(O)CN1C(=O)C1(C)CCCS1. The van der Waals surface area contributed by atoms with Crippen molar-refractivity contribution in [3.05, 3.63) is 0 Å². The van der Waals surface area contributed by atoms with Crippen LogP contribution in [0.1, 0.15) is 26.2 Å². The molecule has 3 atom stereocenters. The Bertz CT molecular complexity index is 354. The van der Waals surface area contributed by atoms with E-state index >= 15 is 0 Å². The molecular weight excluding hydrogens is 254 g/mol. The smallest absolute Gasteiger partial charge is 0.328 e. The zero-order valence-electron chi connectivity index (χ0n) is 10.7. The van der Waals surface area contributed by atoms with Crippen LogP contribution in [0.4, 0.5) is 0 Å². The summed E-state index contributed by atoms with van der Waals surface area (Å²) in [5, 5.41) is 9.68. The van der Waals surface area contributed by atoms with Gasteiger partial charge >= 0.3 is 5.97 Å². The first-order valence-electron chi connectivity index (χ1n) is 6.19. The quantitative estimate of drug-likeness (QED) is 0.738. The van der Waals surface area contributed by atoms with Crippen molar-refractivity contribution in [2.24, 2.45) is 0 Å². The summed E-state index contributed by atoms with van der Waals surface area (Å²) in [4.78, 5) is 25.7. The number of carbonyl (C=O) groups excluding carboxylic acids is 2. The first-order valence-corrected chi connectivity index (χ1v) is 7.17. The van der Waals surface area contributed by atoms with E-state index in [9.17, 15) is 14.7 Å². The molecule has 0 spiro atoms. The van der Waals surface area contributed by atoms with Crippen LogP contribution in [-0.4, -0.2) is 58.2 Å². The summed E-state index contributed by atoms with van der Waals surface area (Å²) < 4.78 is 4.26. The number of hydrogen-bond donors (Lipinski definition) is 1. The fraction of sp³-hybridized carbons (Fsp3) is 0.833. The fourth-order valence-electron chi connectivity index (χ4n) is 2.65. The van der Waals surface area contributed by atoms with E-state index in [2.05, 4.69) is 0 Å². The minimum atomic E-state index is -0.631. The molecule has 102 valence electrons. The molecule has 2 aliphatic rings. The molecule has 1 amide bonds. The third-order valence-corrected chi connectivity index (χ3v) is 5.19. The molecule has 2 fully saturated rings. The molecule has 0 aromatic heterocycles. The number of amides is 1. The predicted molar refractivity (Wildman–Crippen MR) is 68.2 cm³/mol. The second-order valence-electron chi connectivity index (χ2n) is 5.07. The highest BCUT2D eigenvalue weighted by atomic mass is 32.2. The lowest BCUT2D eigenvalue weighted by Gasteiger charge is -2.30. The van der Waals surface area contributed by atoms with Gasteiger partial charge in [0.1, 0.15) is 6.04 Å². The Morgan fingerprint density at radius 3 is 2.78 bits per heavy atom. The molecule has 18 heavy (non-hydrogen) atoms. The Kier molecular flexibility index (Phi) is 3.87. The Balaban J connectivity index is 2.15. The number of ether oxygens (including phenoxy) is 1. The highest BCUT2D eigenvalue weighted by Crippen LogP contribution is 2.40. The van der Waals surface area contributed by atoms with E-state index in [0.29, 0.717) is 0 Å². The average Bonchev–Trinajstić information content (AvgIpc) is 2.94. The minimum Gasteiger partial charge on any atom is -0.467 e. The topological polar surface area (TPSA) is 66.8 Å². The van der Waals surface area contributed by atoms with Gasteiger partial charge in [-0.15, -0.1) is 11.8 Å². The summed E-state index contributed by atoms with van der Waals surface area (Å²) in [5.41, 5.74) is 0. The zero-order valence-corrected chi connectivity index (χ0v) is 11.5. The minimum absolute atomic E-state index is 0.0445. The van der Waals surface area contributed by atoms with Crippen LogP contribution in [0.2, 0.25) is 0 Å². The van der Waals surface area contributed by atoms with Crippen molar-refractivity contribution in [1.29, 1.82) is 0 Å². The molecule has 0 aromatic carbocycles. The Hall–Kier alpha value is -0.750. The van der Waals surface area contributed by atoms with Gasteiger partial charge in [0, 0.05) is 13.0 Å². The van der Waals surface area contributed by atoms with Gasteiger partial charge in [-0.1, -0.05) is 0 Å². The lowest BCUT2D eigenvalue weighted by molar-refractivity contribution is -0.151. The van der Waals surface area contributed by atoms with Crippen LogP contribution in [0.5, 0.6) is 0 Å².